The van der Waals surface area contributed by atoms with Crippen molar-refractivity contribution in [2.75, 3.05) is 0 Å². The van der Waals surface area contributed by atoms with Gasteiger partial charge in [0.05, 0.1) is 6.61 Å². The van der Waals surface area contributed by atoms with Crippen molar-refractivity contribution < 1.29 is 9.50 Å². The fourth-order valence-corrected chi connectivity index (χ4v) is 1.15. The highest BCUT2D eigenvalue weighted by Crippen LogP contribution is 2.21. The molecule has 0 saturated heterocycles. The average molecular weight is 175 g/mol. The molecule has 0 heterocycles. The van der Waals surface area contributed by atoms with Gasteiger partial charge in [-0.2, -0.15) is 0 Å². The van der Waals surface area contributed by atoms with Crippen LogP contribution in [0.3, 0.4) is 0 Å². The molecule has 0 spiro atoms. The predicted molar refractivity (Wildman–Crippen MR) is 42.1 cm³/mol. The summed E-state index contributed by atoms with van der Waals surface area (Å²) in [5.41, 5.74) is 0.881. The van der Waals surface area contributed by atoms with Crippen LogP contribution < -0.4 is 0 Å². The van der Waals surface area contributed by atoms with Gasteiger partial charge in [-0.15, -0.1) is 0 Å². The summed E-state index contributed by atoms with van der Waals surface area (Å²) in [6.45, 7) is 1.37. The summed E-state index contributed by atoms with van der Waals surface area (Å²) in [6.07, 6.45) is 0. The van der Waals surface area contributed by atoms with Gasteiger partial charge in [0.2, 0.25) is 0 Å². The van der Waals surface area contributed by atoms with Crippen molar-refractivity contribution in [3.63, 3.8) is 0 Å². The first-order chi connectivity index (χ1) is 5.16. The molecule has 1 nitrogen and oxygen atoms in total. The normalized spacial score (nSPS) is 10.2. The summed E-state index contributed by atoms with van der Waals surface area (Å²) in [5.74, 6) is -0.335. The first kappa shape index (κ1) is 8.50. The summed E-state index contributed by atoms with van der Waals surface area (Å²) in [7, 11) is 0. The topological polar surface area (TPSA) is 20.2 Å². The second-order valence-corrected chi connectivity index (χ2v) is 2.70. The zero-order valence-electron chi connectivity index (χ0n) is 6.06. The number of aliphatic hydroxyl groups excluding tert-OH is 1. The van der Waals surface area contributed by atoms with E-state index in [1.165, 1.54) is 12.1 Å². The van der Waals surface area contributed by atoms with Crippen LogP contribution in [0, 0.1) is 12.7 Å². The van der Waals surface area contributed by atoms with Crippen LogP contribution in [-0.4, -0.2) is 5.11 Å². The molecule has 0 aliphatic rings. The number of hydrogen-bond donors (Lipinski definition) is 1. The second kappa shape index (κ2) is 3.20. The van der Waals surface area contributed by atoms with Gasteiger partial charge in [0.25, 0.3) is 0 Å². The van der Waals surface area contributed by atoms with Gasteiger partial charge >= 0.3 is 0 Å². The number of aliphatic hydroxyl groups is 1. The van der Waals surface area contributed by atoms with E-state index in [1.54, 1.807) is 6.92 Å². The molecule has 0 saturated carbocycles. The predicted octanol–water partition coefficient (Wildman–Crippen LogP) is 2.28. The summed E-state index contributed by atoms with van der Waals surface area (Å²) < 4.78 is 12.8. The van der Waals surface area contributed by atoms with Crippen LogP contribution in [0.25, 0.3) is 0 Å². The Labute approximate surface area is 69.4 Å². The van der Waals surface area contributed by atoms with E-state index in [2.05, 4.69) is 0 Å². The lowest BCUT2D eigenvalue weighted by atomic mass is 10.1. The Morgan fingerprint density at radius 3 is 2.64 bits per heavy atom. The molecule has 0 atom stereocenters. The van der Waals surface area contributed by atoms with Gasteiger partial charge in [-0.25, -0.2) is 4.39 Å². The van der Waals surface area contributed by atoms with Crippen molar-refractivity contribution in [1.29, 1.82) is 0 Å². The highest BCUT2D eigenvalue weighted by atomic mass is 35.5. The van der Waals surface area contributed by atoms with E-state index < -0.39 is 0 Å². The largest absolute Gasteiger partial charge is 0.392 e. The van der Waals surface area contributed by atoms with Crippen molar-refractivity contribution >= 4 is 11.6 Å². The van der Waals surface area contributed by atoms with Gasteiger partial charge in [0.15, 0.2) is 0 Å². The number of benzene rings is 1. The smallest absolute Gasteiger partial charge is 0.126 e. The summed E-state index contributed by atoms with van der Waals surface area (Å²) in [6, 6.07) is 2.73. The van der Waals surface area contributed by atoms with Gasteiger partial charge in [-0.3, -0.25) is 0 Å². The van der Waals surface area contributed by atoms with Crippen molar-refractivity contribution in [2.24, 2.45) is 0 Å². The van der Waals surface area contributed by atoms with E-state index in [1.807, 2.05) is 0 Å². The molecule has 11 heavy (non-hydrogen) atoms. The molecule has 1 N–H and O–H groups in total. The van der Waals surface area contributed by atoms with Gasteiger partial charge in [0.1, 0.15) is 5.82 Å². The van der Waals surface area contributed by atoms with Crippen molar-refractivity contribution in [1.82, 2.24) is 0 Å². The molecular formula is C8H8ClFO. The minimum absolute atomic E-state index is 0.220. The molecule has 0 bridgehead atoms. The fraction of sp³-hybridized carbons (Fsp3) is 0.250. The van der Waals surface area contributed by atoms with Crippen LogP contribution >= 0.6 is 11.6 Å². The Morgan fingerprint density at radius 1 is 1.55 bits per heavy atom. The lowest BCUT2D eigenvalue weighted by Crippen LogP contribution is -1.93. The zero-order valence-corrected chi connectivity index (χ0v) is 6.82. The van der Waals surface area contributed by atoms with Crippen LogP contribution in [0.2, 0.25) is 5.02 Å². The van der Waals surface area contributed by atoms with Gasteiger partial charge < -0.3 is 5.11 Å². The van der Waals surface area contributed by atoms with Gasteiger partial charge in [0, 0.05) is 10.6 Å². The molecule has 0 amide bonds. The van der Waals surface area contributed by atoms with E-state index in [4.69, 9.17) is 16.7 Å². The standard InChI is InChI=1S/C8H8ClFO/c1-5-6(4-11)7(9)2-3-8(5)10/h2-3,11H,4H2,1H3. The second-order valence-electron chi connectivity index (χ2n) is 2.29. The van der Waals surface area contributed by atoms with Gasteiger partial charge in [-0.1, -0.05) is 11.6 Å². The van der Waals surface area contributed by atoms with Crippen LogP contribution in [0.15, 0.2) is 12.1 Å². The number of hydrogen-bond acceptors (Lipinski definition) is 1. The van der Waals surface area contributed by atoms with Crippen molar-refractivity contribution in [3.05, 3.63) is 34.1 Å². The molecular weight excluding hydrogens is 167 g/mol. The Morgan fingerprint density at radius 2 is 2.18 bits per heavy atom. The molecule has 0 unspecified atom stereocenters. The third-order valence-electron chi connectivity index (χ3n) is 1.63. The van der Waals surface area contributed by atoms with Crippen LogP contribution in [0.5, 0.6) is 0 Å². The van der Waals surface area contributed by atoms with Gasteiger partial charge in [-0.05, 0) is 24.6 Å². The molecule has 3 heteroatoms. The minimum Gasteiger partial charge on any atom is -0.392 e. The number of halogens is 2. The lowest BCUT2D eigenvalue weighted by molar-refractivity contribution is 0.280. The Bertz CT molecular complexity index is 273. The monoisotopic (exact) mass is 174 g/mol. The molecule has 60 valence electrons. The molecule has 1 aromatic rings. The van der Waals surface area contributed by atoms with E-state index in [-0.39, 0.29) is 12.4 Å². The summed E-state index contributed by atoms with van der Waals surface area (Å²) in [4.78, 5) is 0. The minimum atomic E-state index is -0.335. The molecule has 0 aliphatic carbocycles. The molecule has 0 aromatic heterocycles. The molecule has 0 aliphatic heterocycles. The van der Waals surface area contributed by atoms with E-state index in [0.717, 1.165) is 0 Å². The van der Waals surface area contributed by atoms with Crippen molar-refractivity contribution in [3.8, 4) is 0 Å². The zero-order chi connectivity index (χ0) is 8.43. The first-order valence-corrected chi connectivity index (χ1v) is 3.59. The van der Waals surface area contributed by atoms with Crippen LogP contribution in [0.1, 0.15) is 11.1 Å². The third-order valence-corrected chi connectivity index (χ3v) is 1.99. The number of rotatable bonds is 1. The maximum atomic E-state index is 12.8. The highest BCUT2D eigenvalue weighted by Gasteiger charge is 2.06. The fourth-order valence-electron chi connectivity index (χ4n) is 0.889. The van der Waals surface area contributed by atoms with Crippen LogP contribution in [0.4, 0.5) is 4.39 Å². The lowest BCUT2D eigenvalue weighted by Gasteiger charge is -2.04. The Balaban J connectivity index is 3.29. The SMILES string of the molecule is Cc1c(F)ccc(Cl)c1CO. The first-order valence-electron chi connectivity index (χ1n) is 3.21. The molecule has 1 rings (SSSR count). The molecule has 0 fully saturated rings. The van der Waals surface area contributed by atoms with E-state index >= 15 is 0 Å². The maximum Gasteiger partial charge on any atom is 0.126 e. The Kier molecular flexibility index (Phi) is 2.47. The van der Waals surface area contributed by atoms with E-state index in [9.17, 15) is 4.39 Å². The quantitative estimate of drug-likeness (QED) is 0.693. The molecule has 0 radical (unpaired) electrons. The van der Waals surface area contributed by atoms with Crippen molar-refractivity contribution in [2.45, 2.75) is 13.5 Å². The summed E-state index contributed by atoms with van der Waals surface area (Å²) >= 11 is 5.67. The van der Waals surface area contributed by atoms with Crippen LogP contribution in [-0.2, 0) is 6.61 Å². The highest BCUT2D eigenvalue weighted by molar-refractivity contribution is 6.31. The Hall–Kier alpha value is -0.600. The average Bonchev–Trinajstić information content (AvgIpc) is 1.99. The van der Waals surface area contributed by atoms with E-state index in [0.29, 0.717) is 16.1 Å². The third kappa shape index (κ3) is 1.52. The molecule has 1 aromatic carbocycles. The summed E-state index contributed by atoms with van der Waals surface area (Å²) in [5, 5.41) is 9.18. The maximum absolute atomic E-state index is 12.8.